The summed E-state index contributed by atoms with van der Waals surface area (Å²) in [6.45, 7) is 0. The van der Waals surface area contributed by atoms with Crippen molar-refractivity contribution in [1.29, 1.82) is 0 Å². The molecule has 0 bridgehead atoms. The van der Waals surface area contributed by atoms with Crippen LogP contribution in [0.5, 0.6) is 0 Å². The van der Waals surface area contributed by atoms with Crippen LogP contribution >= 0.6 is 12.6 Å². The summed E-state index contributed by atoms with van der Waals surface area (Å²) in [6, 6.07) is -4.56. The van der Waals surface area contributed by atoms with Crippen LogP contribution in [-0.2, 0) is 28.8 Å². The number of carbonyl (C=O) groups is 6. The summed E-state index contributed by atoms with van der Waals surface area (Å²) in [4.78, 5) is 70.3. The number of hydrogen-bond acceptors (Lipinski definition) is 8. The smallest absolute Gasteiger partial charge is 0.334 e. The Kier molecular flexibility index (Phi) is 7.71. The predicted molar refractivity (Wildman–Crippen MR) is 88.1 cm³/mol. The van der Waals surface area contributed by atoms with E-state index in [9.17, 15) is 28.8 Å². The number of aliphatic carboxylic acids is 2. The van der Waals surface area contributed by atoms with Crippen LogP contribution in [0.25, 0.3) is 0 Å². The number of carbonyl (C=O) groups excluding carboxylic acids is 4. The minimum absolute atomic E-state index is 0.187. The molecular weight excluding hydrogens is 370 g/mol. The fourth-order valence-electron chi connectivity index (χ4n) is 2.30. The molecule has 1 heterocycles. The van der Waals surface area contributed by atoms with Crippen molar-refractivity contribution in [2.24, 2.45) is 5.73 Å². The number of carboxylic acid groups (broad SMARTS) is 2. The van der Waals surface area contributed by atoms with Gasteiger partial charge in [-0.2, -0.15) is 12.6 Å². The van der Waals surface area contributed by atoms with Gasteiger partial charge in [-0.1, -0.05) is 0 Å². The minimum atomic E-state index is -1.94. The molecule has 0 radical (unpaired) electrons. The van der Waals surface area contributed by atoms with E-state index < -0.39 is 53.6 Å². The van der Waals surface area contributed by atoms with Crippen molar-refractivity contribution in [2.75, 3.05) is 5.75 Å². The first kappa shape index (κ1) is 21.6. The first-order valence-corrected chi connectivity index (χ1v) is 8.23. The van der Waals surface area contributed by atoms with Crippen LogP contribution in [0, 0.1) is 0 Å². The molecule has 5 N–H and O–H groups in total. The lowest BCUT2D eigenvalue weighted by atomic mass is 9.99. The lowest BCUT2D eigenvalue weighted by Gasteiger charge is -2.32. The molecule has 1 saturated heterocycles. The van der Waals surface area contributed by atoms with Gasteiger partial charge in [0, 0.05) is 25.0 Å². The van der Waals surface area contributed by atoms with Crippen molar-refractivity contribution >= 4 is 48.1 Å². The highest BCUT2D eigenvalue weighted by atomic mass is 32.1. The van der Waals surface area contributed by atoms with E-state index in [1.807, 2.05) is 0 Å². The summed E-state index contributed by atoms with van der Waals surface area (Å²) >= 11 is 3.90. The first-order chi connectivity index (χ1) is 12.1. The fourth-order valence-corrected chi connectivity index (χ4v) is 2.55. The molecule has 3 unspecified atom stereocenters. The minimum Gasteiger partial charge on any atom is -0.480 e. The van der Waals surface area contributed by atoms with Crippen LogP contribution in [0.1, 0.15) is 25.7 Å². The van der Waals surface area contributed by atoms with Gasteiger partial charge in [0.05, 0.1) is 0 Å². The lowest BCUT2D eigenvalue weighted by molar-refractivity contribution is -0.165. The van der Waals surface area contributed by atoms with Gasteiger partial charge in [-0.25, -0.2) is 4.79 Å². The van der Waals surface area contributed by atoms with Crippen LogP contribution in [0.2, 0.25) is 0 Å². The maximum Gasteiger partial charge on any atom is 0.334 e. The molecule has 11 nitrogen and oxygen atoms in total. The maximum absolute atomic E-state index is 12.5. The Labute approximate surface area is 153 Å². The van der Waals surface area contributed by atoms with Crippen molar-refractivity contribution in [3.05, 3.63) is 0 Å². The largest absolute Gasteiger partial charge is 0.480 e. The van der Waals surface area contributed by atoms with Gasteiger partial charge in [0.15, 0.2) is 11.8 Å². The molecule has 26 heavy (non-hydrogen) atoms. The van der Waals surface area contributed by atoms with Gasteiger partial charge < -0.3 is 21.3 Å². The van der Waals surface area contributed by atoms with Crippen LogP contribution < -0.4 is 11.1 Å². The van der Waals surface area contributed by atoms with E-state index in [2.05, 4.69) is 17.9 Å². The van der Waals surface area contributed by atoms with Gasteiger partial charge in [-0.15, -0.1) is 0 Å². The molecule has 1 aliphatic rings. The van der Waals surface area contributed by atoms with Crippen molar-refractivity contribution in [2.45, 2.75) is 43.8 Å². The molecule has 1 rings (SSSR count). The molecule has 1 aliphatic heterocycles. The number of imide groups is 1. The zero-order valence-corrected chi connectivity index (χ0v) is 14.5. The van der Waals surface area contributed by atoms with Gasteiger partial charge in [-0.05, 0) is 6.42 Å². The molecule has 12 heteroatoms. The normalized spacial score (nSPS) is 19.6. The van der Waals surface area contributed by atoms with Gasteiger partial charge in [0.2, 0.25) is 11.8 Å². The number of nitrogens with zero attached hydrogens (tertiary/aromatic N) is 1. The summed E-state index contributed by atoms with van der Waals surface area (Å²) < 4.78 is 0. The number of Topliss-reactive ketones (excluding diaryl/α,β-unsaturated/α-hetero) is 1. The molecule has 3 amide bonds. The zero-order chi connectivity index (χ0) is 20.0. The molecule has 0 spiro atoms. The zero-order valence-electron chi connectivity index (χ0n) is 13.6. The number of amides is 3. The van der Waals surface area contributed by atoms with E-state index in [1.54, 1.807) is 0 Å². The topological polar surface area (TPSA) is 184 Å². The molecule has 144 valence electrons. The number of ketones is 1. The van der Waals surface area contributed by atoms with Crippen molar-refractivity contribution in [3.63, 3.8) is 0 Å². The van der Waals surface area contributed by atoms with E-state index in [0.717, 1.165) is 0 Å². The third-order valence-corrected chi connectivity index (χ3v) is 4.07. The number of rotatable bonds is 8. The van der Waals surface area contributed by atoms with Gasteiger partial charge in [0.1, 0.15) is 12.1 Å². The predicted octanol–water partition coefficient (Wildman–Crippen LogP) is -2.24. The van der Waals surface area contributed by atoms with E-state index in [-0.39, 0.29) is 31.4 Å². The Balaban J connectivity index is 2.84. The molecule has 1 fully saturated rings. The molecule has 0 saturated carbocycles. The number of piperidine rings is 1. The molecule has 0 aliphatic carbocycles. The van der Waals surface area contributed by atoms with E-state index in [0.29, 0.717) is 4.90 Å². The molecule has 0 aromatic heterocycles. The molecule has 3 atom stereocenters. The van der Waals surface area contributed by atoms with Crippen LogP contribution in [0.4, 0.5) is 0 Å². The molecule has 0 aromatic rings. The summed E-state index contributed by atoms with van der Waals surface area (Å²) in [5.74, 6) is -6.62. The average Bonchev–Trinajstić information content (AvgIpc) is 2.58. The quantitative estimate of drug-likeness (QED) is 0.226. The van der Waals surface area contributed by atoms with E-state index in [1.165, 1.54) is 0 Å². The van der Waals surface area contributed by atoms with Crippen molar-refractivity contribution < 1.29 is 39.0 Å². The van der Waals surface area contributed by atoms with Crippen LogP contribution in [-0.4, -0.2) is 74.4 Å². The Hall–Kier alpha value is -2.47. The second-order valence-corrected chi connectivity index (χ2v) is 5.96. The van der Waals surface area contributed by atoms with Crippen LogP contribution in [0.15, 0.2) is 0 Å². The number of likely N-dealkylation sites (tertiary alicyclic amines) is 1. The number of nitrogens with two attached hydrogens (primary N) is 1. The Bertz CT molecular complexity index is 638. The summed E-state index contributed by atoms with van der Waals surface area (Å²) in [7, 11) is 0. The second kappa shape index (κ2) is 9.29. The number of thiol groups is 1. The summed E-state index contributed by atoms with van der Waals surface area (Å²) in [5, 5.41) is 20.0. The number of hydrogen-bond donors (Lipinski definition) is 5. The highest BCUT2D eigenvalue weighted by Gasteiger charge is 2.45. The fraction of sp³-hybridized carbons (Fsp3) is 0.571. The standard InChI is InChI=1S/C14H19N3O8S/c15-6(13(22)23)1-3-9(19)16-7(5-26)12(21)17-10(20)4-2-8(18)11(17)14(24)25/h6-7,11,26H,1-5,15H2,(H,16,19)(H,22,23)(H,24,25). The second-order valence-electron chi connectivity index (χ2n) is 5.60. The first-order valence-electron chi connectivity index (χ1n) is 7.60. The Morgan fingerprint density at radius 1 is 1.23 bits per heavy atom. The third kappa shape index (κ3) is 5.26. The van der Waals surface area contributed by atoms with Gasteiger partial charge >= 0.3 is 11.9 Å². The average molecular weight is 389 g/mol. The summed E-state index contributed by atoms with van der Waals surface area (Å²) in [5.41, 5.74) is 5.27. The van der Waals surface area contributed by atoms with Gasteiger partial charge in [0.25, 0.3) is 5.91 Å². The molecular formula is C14H19N3O8S. The van der Waals surface area contributed by atoms with E-state index in [4.69, 9.17) is 15.9 Å². The monoisotopic (exact) mass is 389 g/mol. The Morgan fingerprint density at radius 3 is 2.35 bits per heavy atom. The lowest BCUT2D eigenvalue weighted by Crippen LogP contribution is -2.61. The Morgan fingerprint density at radius 2 is 1.85 bits per heavy atom. The SMILES string of the molecule is NC(CCC(=O)NC(CS)C(=O)N1C(=O)CCC(=O)C1C(=O)O)C(=O)O. The van der Waals surface area contributed by atoms with Crippen molar-refractivity contribution in [1.82, 2.24) is 10.2 Å². The molecule has 0 aromatic carbocycles. The summed E-state index contributed by atoms with van der Waals surface area (Å²) in [6.07, 6.45) is -1.09. The van der Waals surface area contributed by atoms with Crippen LogP contribution in [0.3, 0.4) is 0 Å². The number of carboxylic acids is 2. The maximum atomic E-state index is 12.5. The van der Waals surface area contributed by atoms with E-state index >= 15 is 0 Å². The number of nitrogens with one attached hydrogen (secondary N) is 1. The van der Waals surface area contributed by atoms with Crippen molar-refractivity contribution in [3.8, 4) is 0 Å². The third-order valence-electron chi connectivity index (χ3n) is 3.70. The highest BCUT2D eigenvalue weighted by molar-refractivity contribution is 7.80. The highest BCUT2D eigenvalue weighted by Crippen LogP contribution is 2.17. The van der Waals surface area contributed by atoms with Gasteiger partial charge in [-0.3, -0.25) is 28.9 Å².